The third kappa shape index (κ3) is 10.6. The maximum absolute atomic E-state index is 13.0. The molecule has 0 aliphatic heterocycles. The number of nitrogens with two attached hydrogens (primary N) is 2. The highest BCUT2D eigenvalue weighted by Gasteiger charge is 2.32. The number of H-pyrrole nitrogens is 1. The number of carbonyl (C=O) groups is 6. The smallest absolute Gasteiger partial charge is 0.326 e. The van der Waals surface area contributed by atoms with E-state index in [2.05, 4.69) is 25.9 Å². The monoisotopic (exact) mass is 497 g/mol. The number of primary amides is 1. The molecule has 194 valence electrons. The molecule has 0 aromatic carbocycles. The van der Waals surface area contributed by atoms with Gasteiger partial charge in [0.1, 0.15) is 18.1 Å². The van der Waals surface area contributed by atoms with Crippen molar-refractivity contribution in [1.29, 1.82) is 0 Å². The van der Waals surface area contributed by atoms with E-state index in [1.807, 2.05) is 0 Å². The molecular weight excluding hydrogens is 466 g/mol. The maximum Gasteiger partial charge on any atom is 0.326 e. The van der Waals surface area contributed by atoms with Crippen LogP contribution in [0, 0.1) is 5.92 Å². The van der Waals surface area contributed by atoms with Gasteiger partial charge in [-0.15, -0.1) is 0 Å². The van der Waals surface area contributed by atoms with Crippen LogP contribution in [0.5, 0.6) is 0 Å². The molecule has 35 heavy (non-hydrogen) atoms. The molecule has 0 radical (unpaired) electrons. The van der Waals surface area contributed by atoms with Gasteiger partial charge in [-0.1, -0.05) is 13.8 Å². The van der Waals surface area contributed by atoms with Crippen LogP contribution in [0.15, 0.2) is 12.5 Å². The summed E-state index contributed by atoms with van der Waals surface area (Å²) in [5.41, 5.74) is 11.2. The number of hydrogen-bond donors (Lipinski definition) is 8. The van der Waals surface area contributed by atoms with E-state index >= 15 is 0 Å². The van der Waals surface area contributed by atoms with Gasteiger partial charge < -0.3 is 42.6 Å². The van der Waals surface area contributed by atoms with Crippen LogP contribution in [-0.4, -0.2) is 79.9 Å². The average molecular weight is 498 g/mol. The molecule has 1 heterocycles. The van der Waals surface area contributed by atoms with Gasteiger partial charge in [-0.3, -0.25) is 24.0 Å². The highest BCUT2D eigenvalue weighted by molar-refractivity contribution is 5.96. The fourth-order valence-corrected chi connectivity index (χ4v) is 3.03. The van der Waals surface area contributed by atoms with Crippen LogP contribution in [-0.2, 0) is 35.2 Å². The number of nitrogens with zero attached hydrogens (tertiary/aromatic N) is 1. The van der Waals surface area contributed by atoms with Gasteiger partial charge in [0.25, 0.3) is 0 Å². The van der Waals surface area contributed by atoms with Crippen LogP contribution >= 0.6 is 0 Å². The Morgan fingerprint density at radius 1 is 0.943 bits per heavy atom. The van der Waals surface area contributed by atoms with E-state index in [9.17, 15) is 33.9 Å². The quantitative estimate of drug-likeness (QED) is 0.123. The number of carbonyl (C=O) groups excluding carboxylic acids is 4. The van der Waals surface area contributed by atoms with E-state index in [-0.39, 0.29) is 18.8 Å². The Morgan fingerprint density at radius 3 is 2.00 bits per heavy atom. The highest BCUT2D eigenvalue weighted by atomic mass is 16.4. The first-order chi connectivity index (χ1) is 16.3. The van der Waals surface area contributed by atoms with Crippen LogP contribution in [0.4, 0.5) is 0 Å². The van der Waals surface area contributed by atoms with Crippen LogP contribution in [0.25, 0.3) is 0 Å². The van der Waals surface area contributed by atoms with E-state index in [1.54, 1.807) is 13.8 Å². The van der Waals surface area contributed by atoms with Crippen molar-refractivity contribution < 1.29 is 39.0 Å². The molecule has 4 atom stereocenters. The summed E-state index contributed by atoms with van der Waals surface area (Å²) in [6, 6.07) is -5.62. The van der Waals surface area contributed by atoms with Crippen molar-refractivity contribution in [2.24, 2.45) is 17.4 Å². The summed E-state index contributed by atoms with van der Waals surface area (Å²) >= 11 is 0. The Labute approximate surface area is 200 Å². The lowest BCUT2D eigenvalue weighted by Gasteiger charge is -2.25. The Kier molecular flexibility index (Phi) is 11.3. The number of imidazole rings is 1. The number of aromatic amines is 1. The summed E-state index contributed by atoms with van der Waals surface area (Å²) in [6.07, 6.45) is 1.32. The molecule has 0 fully saturated rings. The summed E-state index contributed by atoms with van der Waals surface area (Å²) < 4.78 is 0. The van der Waals surface area contributed by atoms with E-state index in [0.29, 0.717) is 5.69 Å². The fourth-order valence-electron chi connectivity index (χ4n) is 3.03. The van der Waals surface area contributed by atoms with Crippen LogP contribution in [0.2, 0.25) is 0 Å². The molecular formula is C20H31N7O8. The third-order valence-electron chi connectivity index (χ3n) is 4.70. The first-order valence-electron chi connectivity index (χ1n) is 10.7. The van der Waals surface area contributed by atoms with Gasteiger partial charge >= 0.3 is 11.9 Å². The number of carboxylic acid groups (broad SMARTS) is 2. The highest BCUT2D eigenvalue weighted by Crippen LogP contribution is 2.07. The number of rotatable bonds is 15. The number of aliphatic carboxylic acids is 2. The molecule has 4 unspecified atom stereocenters. The zero-order valence-electron chi connectivity index (χ0n) is 19.3. The largest absolute Gasteiger partial charge is 0.481 e. The Balaban J connectivity index is 3.07. The molecule has 1 aromatic heterocycles. The Hall–Kier alpha value is -4.01. The van der Waals surface area contributed by atoms with Crippen molar-refractivity contribution in [1.82, 2.24) is 25.9 Å². The van der Waals surface area contributed by atoms with Crippen LogP contribution < -0.4 is 27.4 Å². The second kappa shape index (κ2) is 13.6. The molecule has 0 bridgehead atoms. The van der Waals surface area contributed by atoms with Gasteiger partial charge in [0, 0.05) is 18.3 Å². The number of amides is 4. The normalized spacial score (nSPS) is 14.3. The molecule has 0 spiro atoms. The summed E-state index contributed by atoms with van der Waals surface area (Å²) in [5, 5.41) is 25.1. The summed E-state index contributed by atoms with van der Waals surface area (Å²) in [5.74, 6) is -6.47. The molecule has 0 aliphatic carbocycles. The van der Waals surface area contributed by atoms with E-state index in [4.69, 9.17) is 16.6 Å². The molecule has 10 N–H and O–H groups in total. The topological polar surface area (TPSA) is 260 Å². The van der Waals surface area contributed by atoms with Crippen LogP contribution in [0.1, 0.15) is 38.8 Å². The molecule has 1 aromatic rings. The predicted octanol–water partition coefficient (Wildman–Crippen LogP) is -2.79. The van der Waals surface area contributed by atoms with E-state index < -0.39 is 72.6 Å². The lowest BCUT2D eigenvalue weighted by molar-refractivity contribution is -0.143. The number of hydrogen-bond acceptors (Lipinski definition) is 8. The molecule has 0 saturated heterocycles. The van der Waals surface area contributed by atoms with Gasteiger partial charge in [0.15, 0.2) is 0 Å². The molecule has 15 nitrogen and oxygen atoms in total. The number of carboxylic acids is 2. The predicted molar refractivity (Wildman–Crippen MR) is 119 cm³/mol. The Morgan fingerprint density at radius 2 is 1.51 bits per heavy atom. The maximum atomic E-state index is 13.0. The van der Waals surface area contributed by atoms with Gasteiger partial charge in [-0.25, -0.2) is 9.78 Å². The minimum absolute atomic E-state index is 0.0791. The molecule has 0 saturated carbocycles. The van der Waals surface area contributed by atoms with Crippen molar-refractivity contribution in [3.63, 3.8) is 0 Å². The lowest BCUT2D eigenvalue weighted by Crippen LogP contribution is -2.58. The zero-order chi connectivity index (χ0) is 26.7. The van der Waals surface area contributed by atoms with Crippen molar-refractivity contribution in [2.45, 2.75) is 63.7 Å². The first kappa shape index (κ1) is 29.0. The first-order valence-corrected chi connectivity index (χ1v) is 10.7. The molecule has 15 heteroatoms. The van der Waals surface area contributed by atoms with Gasteiger partial charge in [-0.05, 0) is 12.3 Å². The van der Waals surface area contributed by atoms with Crippen LogP contribution in [0.3, 0.4) is 0 Å². The lowest BCUT2D eigenvalue weighted by atomic mass is 10.0. The number of aromatic nitrogens is 2. The van der Waals surface area contributed by atoms with Gasteiger partial charge in [0.05, 0.1) is 25.2 Å². The summed E-state index contributed by atoms with van der Waals surface area (Å²) in [7, 11) is 0. The second-order valence-electron chi connectivity index (χ2n) is 8.31. The van der Waals surface area contributed by atoms with E-state index in [1.165, 1.54) is 12.5 Å². The molecule has 4 amide bonds. The van der Waals surface area contributed by atoms with Crippen molar-refractivity contribution in [3.8, 4) is 0 Å². The zero-order valence-corrected chi connectivity index (χ0v) is 19.3. The summed E-state index contributed by atoms with van der Waals surface area (Å²) in [6.45, 7) is 3.51. The van der Waals surface area contributed by atoms with Crippen molar-refractivity contribution in [3.05, 3.63) is 18.2 Å². The SMILES string of the molecule is CC(C)CC(NC(=O)C(CC(N)=O)NC(=O)C(Cc1cnc[nH]1)NC(=O)C(N)CC(=O)O)C(=O)O. The number of nitrogens with one attached hydrogen (secondary N) is 4. The van der Waals surface area contributed by atoms with Gasteiger partial charge in [-0.2, -0.15) is 0 Å². The minimum Gasteiger partial charge on any atom is -0.481 e. The van der Waals surface area contributed by atoms with Crippen molar-refractivity contribution in [2.75, 3.05) is 0 Å². The van der Waals surface area contributed by atoms with Gasteiger partial charge in [0.2, 0.25) is 23.6 Å². The summed E-state index contributed by atoms with van der Waals surface area (Å²) in [4.78, 5) is 78.4. The standard InChI is InChI=1S/C20H31N7O8/c1-9(2)3-14(20(34)35)27-19(33)13(6-15(22)28)26-18(32)12(4-10-7-23-8-24-10)25-17(31)11(21)5-16(29)30/h7-9,11-14H,3-6,21H2,1-2H3,(H2,22,28)(H,23,24)(H,25,31)(H,26,32)(H,27,33)(H,29,30)(H,34,35). The van der Waals surface area contributed by atoms with Crippen molar-refractivity contribution >= 4 is 35.6 Å². The second-order valence-corrected chi connectivity index (χ2v) is 8.31. The van der Waals surface area contributed by atoms with E-state index in [0.717, 1.165) is 0 Å². The third-order valence-corrected chi connectivity index (χ3v) is 4.70. The minimum atomic E-state index is -1.54. The average Bonchev–Trinajstić information content (AvgIpc) is 3.24. The fraction of sp³-hybridized carbons (Fsp3) is 0.550. The Bertz CT molecular complexity index is 919. The molecule has 1 rings (SSSR count). The molecule has 0 aliphatic rings.